The van der Waals surface area contributed by atoms with Crippen LogP contribution in [-0.2, 0) is 0 Å². The van der Waals surface area contributed by atoms with Crippen LogP contribution in [0, 0.1) is 5.92 Å². The van der Waals surface area contributed by atoms with Crippen LogP contribution in [0.25, 0.3) is 10.8 Å². The molecule has 1 fully saturated rings. The number of hydrogen-bond acceptors (Lipinski definition) is 2. The maximum atomic E-state index is 10.3. The van der Waals surface area contributed by atoms with E-state index in [1.165, 1.54) is 42.9 Å². The van der Waals surface area contributed by atoms with Crippen molar-refractivity contribution in [1.29, 1.82) is 0 Å². The van der Waals surface area contributed by atoms with E-state index in [9.17, 15) is 5.11 Å². The van der Waals surface area contributed by atoms with Crippen molar-refractivity contribution in [3.63, 3.8) is 0 Å². The van der Waals surface area contributed by atoms with Crippen LogP contribution >= 0.6 is 0 Å². The van der Waals surface area contributed by atoms with Gasteiger partial charge in [0.25, 0.3) is 0 Å². The predicted molar refractivity (Wildman–Crippen MR) is 88.4 cm³/mol. The number of fused-ring (bicyclic) bond motifs is 1. The van der Waals surface area contributed by atoms with E-state index in [4.69, 9.17) is 0 Å². The highest BCUT2D eigenvalue weighted by Gasteiger charge is 2.14. The minimum absolute atomic E-state index is 0.418. The van der Waals surface area contributed by atoms with Gasteiger partial charge in [0.2, 0.25) is 0 Å². The Kier molecular flexibility index (Phi) is 4.89. The Labute approximate surface area is 127 Å². The third kappa shape index (κ3) is 3.84. The highest BCUT2D eigenvalue weighted by atomic mass is 16.3. The second-order valence-electron chi connectivity index (χ2n) is 6.28. The van der Waals surface area contributed by atoms with Gasteiger partial charge >= 0.3 is 0 Å². The second-order valence-corrected chi connectivity index (χ2v) is 6.28. The molecule has 0 aliphatic heterocycles. The lowest BCUT2D eigenvalue weighted by atomic mass is 9.89. The molecule has 21 heavy (non-hydrogen) atoms. The van der Waals surface area contributed by atoms with Gasteiger partial charge in [-0.2, -0.15) is 0 Å². The summed E-state index contributed by atoms with van der Waals surface area (Å²) in [5, 5.41) is 16.2. The zero-order chi connectivity index (χ0) is 14.5. The van der Waals surface area contributed by atoms with E-state index in [1.807, 2.05) is 18.2 Å². The zero-order valence-corrected chi connectivity index (χ0v) is 12.6. The van der Waals surface area contributed by atoms with Gasteiger partial charge in [-0.25, -0.2) is 0 Å². The molecule has 0 amide bonds. The molecule has 2 heteroatoms. The molecular formula is C19H25NO. The Morgan fingerprint density at radius 1 is 1.00 bits per heavy atom. The maximum Gasteiger partial charge on any atom is 0.0914 e. The lowest BCUT2D eigenvalue weighted by Gasteiger charge is -2.22. The lowest BCUT2D eigenvalue weighted by molar-refractivity contribution is 0.171. The molecule has 0 radical (unpaired) electrons. The van der Waals surface area contributed by atoms with Gasteiger partial charge in [-0.1, -0.05) is 55.7 Å². The number of aliphatic hydroxyl groups excluding tert-OH is 1. The fourth-order valence-electron chi connectivity index (χ4n) is 3.35. The summed E-state index contributed by atoms with van der Waals surface area (Å²) in [7, 11) is 0. The van der Waals surface area contributed by atoms with Crippen LogP contribution in [0.15, 0.2) is 42.5 Å². The lowest BCUT2D eigenvalue weighted by Crippen LogP contribution is -2.28. The van der Waals surface area contributed by atoms with E-state index in [0.29, 0.717) is 6.54 Å². The average molecular weight is 283 g/mol. The van der Waals surface area contributed by atoms with Crippen molar-refractivity contribution in [2.75, 3.05) is 13.1 Å². The Morgan fingerprint density at radius 3 is 2.57 bits per heavy atom. The topological polar surface area (TPSA) is 32.3 Å². The van der Waals surface area contributed by atoms with Crippen molar-refractivity contribution in [1.82, 2.24) is 5.32 Å². The summed E-state index contributed by atoms with van der Waals surface area (Å²) in [5.74, 6) is 0.808. The summed E-state index contributed by atoms with van der Waals surface area (Å²) in [4.78, 5) is 0. The van der Waals surface area contributed by atoms with Crippen molar-refractivity contribution in [3.8, 4) is 0 Å². The molecule has 0 heterocycles. The molecule has 2 aromatic carbocycles. The number of hydrogen-bond donors (Lipinski definition) is 2. The maximum absolute atomic E-state index is 10.3. The summed E-state index contributed by atoms with van der Waals surface area (Å²) < 4.78 is 0. The first-order chi connectivity index (χ1) is 10.3. The summed E-state index contributed by atoms with van der Waals surface area (Å²) in [6.07, 6.45) is 6.42. The van der Waals surface area contributed by atoms with Crippen LogP contribution in [0.5, 0.6) is 0 Å². The SMILES string of the molecule is OC(CNCC1CCCCC1)c1ccc2ccccc2c1. The summed E-state index contributed by atoms with van der Waals surface area (Å²) in [6, 6.07) is 14.5. The van der Waals surface area contributed by atoms with E-state index < -0.39 is 6.10 Å². The van der Waals surface area contributed by atoms with Gasteiger partial charge in [-0.15, -0.1) is 0 Å². The molecule has 1 unspecified atom stereocenters. The molecular weight excluding hydrogens is 258 g/mol. The molecule has 0 spiro atoms. The molecule has 1 aliphatic carbocycles. The standard InChI is InChI=1S/C19H25NO/c21-19(14-20-13-15-6-2-1-3-7-15)18-11-10-16-8-4-5-9-17(16)12-18/h4-5,8-12,15,19-21H,1-3,6-7,13-14H2. The van der Waals surface area contributed by atoms with Crippen LogP contribution < -0.4 is 5.32 Å². The molecule has 1 saturated carbocycles. The van der Waals surface area contributed by atoms with Crippen LogP contribution in [0.4, 0.5) is 0 Å². The minimum Gasteiger partial charge on any atom is -0.387 e. The third-order valence-corrected chi connectivity index (χ3v) is 4.65. The van der Waals surface area contributed by atoms with Crippen molar-refractivity contribution in [2.24, 2.45) is 5.92 Å². The molecule has 2 N–H and O–H groups in total. The Hall–Kier alpha value is -1.38. The molecule has 2 nitrogen and oxygen atoms in total. The van der Waals surface area contributed by atoms with Crippen molar-refractivity contribution in [3.05, 3.63) is 48.0 Å². The van der Waals surface area contributed by atoms with Gasteiger partial charge in [0.05, 0.1) is 6.10 Å². The van der Waals surface area contributed by atoms with Crippen molar-refractivity contribution >= 4 is 10.8 Å². The third-order valence-electron chi connectivity index (χ3n) is 4.65. The number of nitrogens with one attached hydrogen (secondary N) is 1. The zero-order valence-electron chi connectivity index (χ0n) is 12.6. The van der Waals surface area contributed by atoms with Crippen molar-refractivity contribution in [2.45, 2.75) is 38.2 Å². The Bertz CT molecular complexity index is 575. The number of aliphatic hydroxyl groups is 1. The average Bonchev–Trinajstić information content (AvgIpc) is 2.55. The molecule has 1 aliphatic rings. The van der Waals surface area contributed by atoms with Gasteiger partial charge in [-0.3, -0.25) is 0 Å². The van der Waals surface area contributed by atoms with E-state index in [-0.39, 0.29) is 0 Å². The first-order valence-corrected chi connectivity index (χ1v) is 8.20. The molecule has 3 rings (SSSR count). The summed E-state index contributed by atoms with van der Waals surface area (Å²) in [5.41, 5.74) is 1.00. The second kappa shape index (κ2) is 7.06. The van der Waals surface area contributed by atoms with E-state index in [1.54, 1.807) is 0 Å². The number of benzene rings is 2. The van der Waals surface area contributed by atoms with Gasteiger partial charge < -0.3 is 10.4 Å². The van der Waals surface area contributed by atoms with Gasteiger partial charge in [0.15, 0.2) is 0 Å². The first kappa shape index (κ1) is 14.6. The van der Waals surface area contributed by atoms with Gasteiger partial charge in [-0.05, 0) is 47.7 Å². The minimum atomic E-state index is -0.418. The fraction of sp³-hybridized carbons (Fsp3) is 0.474. The van der Waals surface area contributed by atoms with Crippen molar-refractivity contribution < 1.29 is 5.11 Å². The number of rotatable bonds is 5. The molecule has 0 aromatic heterocycles. The predicted octanol–water partition coefficient (Wildman–Crippen LogP) is 4.04. The monoisotopic (exact) mass is 283 g/mol. The molecule has 2 aromatic rings. The molecule has 0 saturated heterocycles. The molecule has 0 bridgehead atoms. The van der Waals surface area contributed by atoms with E-state index >= 15 is 0 Å². The Balaban J connectivity index is 1.54. The summed E-state index contributed by atoms with van der Waals surface area (Å²) >= 11 is 0. The summed E-state index contributed by atoms with van der Waals surface area (Å²) in [6.45, 7) is 1.69. The largest absolute Gasteiger partial charge is 0.387 e. The van der Waals surface area contributed by atoms with E-state index in [0.717, 1.165) is 18.0 Å². The van der Waals surface area contributed by atoms with Crippen LogP contribution in [-0.4, -0.2) is 18.2 Å². The highest BCUT2D eigenvalue weighted by Crippen LogP contribution is 2.23. The van der Waals surface area contributed by atoms with Gasteiger partial charge in [0.1, 0.15) is 0 Å². The molecule has 1 atom stereocenters. The van der Waals surface area contributed by atoms with Crippen LogP contribution in [0.3, 0.4) is 0 Å². The van der Waals surface area contributed by atoms with Gasteiger partial charge in [0, 0.05) is 6.54 Å². The highest BCUT2D eigenvalue weighted by molar-refractivity contribution is 5.83. The van der Waals surface area contributed by atoms with Crippen LogP contribution in [0.2, 0.25) is 0 Å². The fourth-order valence-corrected chi connectivity index (χ4v) is 3.35. The Morgan fingerprint density at radius 2 is 1.76 bits per heavy atom. The normalized spacial score (nSPS) is 18.0. The quantitative estimate of drug-likeness (QED) is 0.868. The molecule has 112 valence electrons. The van der Waals surface area contributed by atoms with Crippen LogP contribution in [0.1, 0.15) is 43.8 Å². The van der Waals surface area contributed by atoms with E-state index in [2.05, 4.69) is 29.6 Å². The smallest absolute Gasteiger partial charge is 0.0914 e. The first-order valence-electron chi connectivity index (χ1n) is 8.20.